The van der Waals surface area contributed by atoms with Gasteiger partial charge in [-0.05, 0) is 48.4 Å². The molecule has 1 amide bonds. The lowest BCUT2D eigenvalue weighted by Crippen LogP contribution is -2.14. The summed E-state index contributed by atoms with van der Waals surface area (Å²) in [7, 11) is 3.57. The molecule has 3 aromatic rings. The van der Waals surface area contributed by atoms with E-state index in [0.717, 1.165) is 23.4 Å². The third-order valence-electron chi connectivity index (χ3n) is 3.71. The first kappa shape index (κ1) is 16.3. The van der Waals surface area contributed by atoms with Crippen molar-refractivity contribution in [2.24, 2.45) is 12.0 Å². The Morgan fingerprint density at radius 1 is 1.29 bits per heavy atom. The Labute approximate surface area is 143 Å². The average molecular weight is 342 g/mol. The standard InChI is InChI=1S/C18H18N2O3S/c1-4-15-16(12-7-9-13(22-3)10-8-12)20(2)18(24-15)19-17(21)14-6-5-11-23-14/h5-11H,4H2,1-3H3. The number of hydrogen-bond donors (Lipinski definition) is 0. The second-order valence-corrected chi connectivity index (χ2v) is 6.25. The molecule has 0 spiro atoms. The lowest BCUT2D eigenvalue weighted by Gasteiger charge is -2.07. The van der Waals surface area contributed by atoms with Crippen molar-refractivity contribution in [2.75, 3.05) is 7.11 Å². The van der Waals surface area contributed by atoms with Gasteiger partial charge in [-0.15, -0.1) is 11.3 Å². The first-order valence-corrected chi connectivity index (χ1v) is 8.41. The molecule has 0 radical (unpaired) electrons. The number of amides is 1. The first-order valence-electron chi connectivity index (χ1n) is 7.59. The summed E-state index contributed by atoms with van der Waals surface area (Å²) in [4.78, 5) is 18.2. The van der Waals surface area contributed by atoms with Crippen LogP contribution in [0.25, 0.3) is 11.3 Å². The van der Waals surface area contributed by atoms with Gasteiger partial charge in [0.25, 0.3) is 0 Å². The van der Waals surface area contributed by atoms with Crippen LogP contribution >= 0.6 is 11.3 Å². The normalized spacial score (nSPS) is 11.7. The Hall–Kier alpha value is -2.60. The molecule has 0 unspecified atom stereocenters. The summed E-state index contributed by atoms with van der Waals surface area (Å²) in [6.45, 7) is 2.09. The van der Waals surface area contributed by atoms with Crippen LogP contribution in [0.15, 0.2) is 52.1 Å². The summed E-state index contributed by atoms with van der Waals surface area (Å²) in [6, 6.07) is 11.2. The molecule has 1 aromatic carbocycles. The highest BCUT2D eigenvalue weighted by molar-refractivity contribution is 7.09. The number of ether oxygens (including phenoxy) is 1. The first-order chi connectivity index (χ1) is 11.6. The molecule has 0 atom stereocenters. The van der Waals surface area contributed by atoms with E-state index in [0.29, 0.717) is 4.80 Å². The van der Waals surface area contributed by atoms with Crippen molar-refractivity contribution in [3.05, 3.63) is 58.1 Å². The number of hydrogen-bond acceptors (Lipinski definition) is 4. The number of carbonyl (C=O) groups excluding carboxylic acids is 1. The molecule has 3 rings (SSSR count). The van der Waals surface area contributed by atoms with Gasteiger partial charge in [-0.3, -0.25) is 4.79 Å². The fourth-order valence-electron chi connectivity index (χ4n) is 2.49. The van der Waals surface area contributed by atoms with E-state index in [9.17, 15) is 4.79 Å². The van der Waals surface area contributed by atoms with Crippen LogP contribution in [-0.2, 0) is 13.5 Å². The van der Waals surface area contributed by atoms with Crippen LogP contribution in [0.2, 0.25) is 0 Å². The molecule has 0 aliphatic rings. The monoisotopic (exact) mass is 342 g/mol. The number of rotatable bonds is 4. The van der Waals surface area contributed by atoms with Gasteiger partial charge in [0.15, 0.2) is 10.6 Å². The SMILES string of the molecule is CCc1sc(=NC(=O)c2ccco2)n(C)c1-c1ccc(OC)cc1. The number of thiazole rings is 1. The molecule has 6 heteroatoms. The Morgan fingerprint density at radius 3 is 2.62 bits per heavy atom. The summed E-state index contributed by atoms with van der Waals surface area (Å²) in [5, 5.41) is 0. The smallest absolute Gasteiger partial charge is 0.315 e. The molecule has 124 valence electrons. The minimum atomic E-state index is -0.374. The van der Waals surface area contributed by atoms with Crippen molar-refractivity contribution in [1.29, 1.82) is 0 Å². The Bertz CT molecular complexity index is 903. The van der Waals surface area contributed by atoms with Gasteiger partial charge < -0.3 is 13.7 Å². The second-order valence-electron chi connectivity index (χ2n) is 5.19. The molecule has 24 heavy (non-hydrogen) atoms. The number of aryl methyl sites for hydroxylation is 1. The van der Waals surface area contributed by atoms with Crippen molar-refractivity contribution in [2.45, 2.75) is 13.3 Å². The summed E-state index contributed by atoms with van der Waals surface area (Å²) in [5.41, 5.74) is 2.13. The lowest BCUT2D eigenvalue weighted by molar-refractivity contribution is 0.0971. The minimum Gasteiger partial charge on any atom is -0.497 e. The maximum atomic E-state index is 12.2. The van der Waals surface area contributed by atoms with E-state index in [1.807, 2.05) is 35.9 Å². The van der Waals surface area contributed by atoms with Crippen LogP contribution in [0.4, 0.5) is 0 Å². The van der Waals surface area contributed by atoms with Crippen LogP contribution in [-0.4, -0.2) is 17.6 Å². The van der Waals surface area contributed by atoms with Gasteiger partial charge in [-0.2, -0.15) is 4.99 Å². The highest BCUT2D eigenvalue weighted by Gasteiger charge is 2.14. The van der Waals surface area contributed by atoms with E-state index < -0.39 is 0 Å². The number of carbonyl (C=O) groups is 1. The van der Waals surface area contributed by atoms with E-state index in [2.05, 4.69) is 11.9 Å². The van der Waals surface area contributed by atoms with Crippen LogP contribution in [0, 0.1) is 0 Å². The summed E-state index contributed by atoms with van der Waals surface area (Å²) in [6.07, 6.45) is 2.34. The van der Waals surface area contributed by atoms with E-state index in [-0.39, 0.29) is 11.7 Å². The zero-order valence-electron chi connectivity index (χ0n) is 13.8. The van der Waals surface area contributed by atoms with Crippen LogP contribution in [0.3, 0.4) is 0 Å². The van der Waals surface area contributed by atoms with E-state index in [4.69, 9.17) is 9.15 Å². The molecule has 0 aliphatic heterocycles. The second kappa shape index (κ2) is 6.88. The van der Waals surface area contributed by atoms with Gasteiger partial charge >= 0.3 is 5.91 Å². The van der Waals surface area contributed by atoms with Gasteiger partial charge in [0.2, 0.25) is 0 Å². The molecule has 0 aliphatic carbocycles. The number of benzene rings is 1. The average Bonchev–Trinajstić information content (AvgIpc) is 3.24. The molecular weight excluding hydrogens is 324 g/mol. The van der Waals surface area contributed by atoms with Gasteiger partial charge in [0, 0.05) is 11.9 Å². The minimum absolute atomic E-state index is 0.243. The molecule has 2 heterocycles. The van der Waals surface area contributed by atoms with E-state index >= 15 is 0 Å². The number of furan rings is 1. The highest BCUT2D eigenvalue weighted by atomic mass is 32.1. The maximum Gasteiger partial charge on any atom is 0.315 e. The fraction of sp³-hybridized carbons (Fsp3) is 0.222. The van der Waals surface area contributed by atoms with Crippen LogP contribution in [0.5, 0.6) is 5.75 Å². The molecule has 0 fully saturated rings. The Balaban J connectivity index is 2.07. The van der Waals surface area contributed by atoms with E-state index in [1.165, 1.54) is 22.5 Å². The molecule has 0 bridgehead atoms. The van der Waals surface area contributed by atoms with Crippen molar-refractivity contribution in [3.63, 3.8) is 0 Å². The largest absolute Gasteiger partial charge is 0.497 e. The van der Waals surface area contributed by atoms with Crippen LogP contribution < -0.4 is 9.54 Å². The maximum absolute atomic E-state index is 12.2. The molecule has 2 aromatic heterocycles. The molecule has 0 N–H and O–H groups in total. The lowest BCUT2D eigenvalue weighted by atomic mass is 10.1. The van der Waals surface area contributed by atoms with Crippen molar-refractivity contribution in [3.8, 4) is 17.0 Å². The summed E-state index contributed by atoms with van der Waals surface area (Å²) < 4.78 is 12.3. The molecular formula is C18H18N2O3S. The molecule has 0 saturated carbocycles. The zero-order valence-corrected chi connectivity index (χ0v) is 14.6. The highest BCUT2D eigenvalue weighted by Crippen LogP contribution is 2.27. The number of aromatic nitrogens is 1. The van der Waals surface area contributed by atoms with Gasteiger partial charge in [0.1, 0.15) is 5.75 Å². The van der Waals surface area contributed by atoms with Gasteiger partial charge in [0.05, 0.1) is 19.1 Å². The summed E-state index contributed by atoms with van der Waals surface area (Å²) >= 11 is 1.52. The number of methoxy groups -OCH3 is 1. The topological polar surface area (TPSA) is 56.7 Å². The van der Waals surface area contributed by atoms with Gasteiger partial charge in [-0.25, -0.2) is 0 Å². The zero-order chi connectivity index (χ0) is 17.1. The van der Waals surface area contributed by atoms with Crippen LogP contribution in [0.1, 0.15) is 22.4 Å². The predicted octanol–water partition coefficient (Wildman–Crippen LogP) is 3.66. The van der Waals surface area contributed by atoms with Crippen molar-refractivity contribution in [1.82, 2.24) is 4.57 Å². The quantitative estimate of drug-likeness (QED) is 0.727. The van der Waals surface area contributed by atoms with Crippen molar-refractivity contribution < 1.29 is 13.9 Å². The molecule has 0 saturated heterocycles. The van der Waals surface area contributed by atoms with E-state index in [1.54, 1.807) is 19.2 Å². The Kier molecular flexibility index (Phi) is 4.66. The Morgan fingerprint density at radius 2 is 2.04 bits per heavy atom. The fourth-order valence-corrected chi connectivity index (χ4v) is 3.57. The van der Waals surface area contributed by atoms with Crippen molar-refractivity contribution >= 4 is 17.2 Å². The molecule has 5 nitrogen and oxygen atoms in total. The third-order valence-corrected chi connectivity index (χ3v) is 4.99. The summed E-state index contributed by atoms with van der Waals surface area (Å²) in [5.74, 6) is 0.681. The third kappa shape index (κ3) is 3.05. The number of nitrogens with zero attached hydrogens (tertiary/aromatic N) is 2. The predicted molar refractivity (Wildman–Crippen MR) is 93.3 cm³/mol. The van der Waals surface area contributed by atoms with Gasteiger partial charge in [-0.1, -0.05) is 6.92 Å².